The Morgan fingerprint density at radius 2 is 0.769 bits per heavy atom. The lowest BCUT2D eigenvalue weighted by molar-refractivity contribution is 0.0439. The maximum Gasteiger partial charge on any atom is 0.207 e. The fraction of sp³-hybridized carbons (Fsp3) is 0.536. The fourth-order valence-electron chi connectivity index (χ4n) is 9.26. The van der Waals surface area contributed by atoms with Crippen molar-refractivity contribution in [1.82, 2.24) is 0 Å². The Labute approximate surface area is 476 Å². The molecule has 0 aromatic heterocycles. The minimum absolute atomic E-state index is 0.00476. The highest BCUT2D eigenvalue weighted by Crippen LogP contribution is 2.50. The molecule has 2 aromatic rings. The number of sulfone groups is 1. The van der Waals surface area contributed by atoms with Crippen molar-refractivity contribution in [2.45, 2.75) is 209 Å². The van der Waals surface area contributed by atoms with E-state index in [9.17, 15) is 8.42 Å². The van der Waals surface area contributed by atoms with Crippen LogP contribution in [0.1, 0.15) is 196 Å². The second-order valence-corrected chi connectivity index (χ2v) is 23.8. The molecule has 0 saturated carbocycles. The van der Waals surface area contributed by atoms with E-state index in [0.29, 0.717) is 40.7 Å². The number of rotatable bonds is 39. The first kappa shape index (κ1) is 69.0. The number of benzene rings is 2. The summed E-state index contributed by atoms with van der Waals surface area (Å²) < 4.78 is 62.7. The van der Waals surface area contributed by atoms with Crippen LogP contribution < -0.4 is 18.9 Å². The van der Waals surface area contributed by atoms with Crippen molar-refractivity contribution in [3.8, 4) is 23.0 Å². The molecule has 2 rings (SSSR count). The van der Waals surface area contributed by atoms with Gasteiger partial charge in [-0.15, -0.1) is 0 Å². The molecule has 0 aliphatic rings. The maximum atomic E-state index is 14.3. The van der Waals surface area contributed by atoms with E-state index < -0.39 is 15.1 Å². The molecule has 0 amide bonds. The van der Waals surface area contributed by atoms with Gasteiger partial charge < -0.3 is 28.4 Å². The summed E-state index contributed by atoms with van der Waals surface area (Å²) in [7, 11) is 2.42. The van der Waals surface area contributed by atoms with Crippen molar-refractivity contribution in [2.75, 3.05) is 42.0 Å². The van der Waals surface area contributed by atoms with E-state index >= 15 is 0 Å². The van der Waals surface area contributed by atoms with Crippen LogP contribution >= 0.6 is 0 Å². The first-order valence-corrected chi connectivity index (χ1v) is 30.2. The summed E-state index contributed by atoms with van der Waals surface area (Å²) in [6.45, 7) is 26.1. The van der Waals surface area contributed by atoms with Crippen molar-refractivity contribution in [2.24, 2.45) is 0 Å². The molecule has 1 atom stereocenters. The van der Waals surface area contributed by atoms with Gasteiger partial charge in [-0.2, -0.15) is 0 Å². The molecule has 0 radical (unpaired) electrons. The Bertz CT molecular complexity index is 2540. The molecule has 9 heteroatoms. The summed E-state index contributed by atoms with van der Waals surface area (Å²) in [5.41, 5.74) is 15.1. The van der Waals surface area contributed by atoms with Crippen LogP contribution in [-0.4, -0.2) is 55.7 Å². The van der Waals surface area contributed by atoms with Crippen LogP contribution in [0, 0.1) is 6.92 Å². The van der Waals surface area contributed by atoms with Gasteiger partial charge in [-0.25, -0.2) is 8.42 Å². The summed E-state index contributed by atoms with van der Waals surface area (Å²) in [6, 6.07) is 8.70. The number of methoxy groups -OCH3 is 4. The molecule has 2 aromatic carbocycles. The zero-order valence-electron chi connectivity index (χ0n) is 51.6. The second kappa shape index (κ2) is 39.3. The predicted molar refractivity (Wildman–Crippen MR) is 332 cm³/mol. The van der Waals surface area contributed by atoms with E-state index in [4.69, 9.17) is 28.4 Å². The summed E-state index contributed by atoms with van der Waals surface area (Å²) in [5, 5.41) is -0.780. The largest absolute Gasteiger partial charge is 0.490 e. The minimum Gasteiger partial charge on any atom is -0.490 e. The van der Waals surface area contributed by atoms with Crippen molar-refractivity contribution in [3.63, 3.8) is 0 Å². The van der Waals surface area contributed by atoms with Gasteiger partial charge in [-0.05, 0) is 211 Å². The SMILES string of the molecule is COCOc1c(C)c(C/C=C(\C)C(C/C=C(\C)CC/C=C(\C)CC/C=C(\C)CC/C=C(\C)CC/C=C(\C)CC/C=C(\C)CC/C=C(\C)CC/C=C(\C)CCC=C(C)C)S(=O)(=O)c2ccccc2)c(OCOC)c(OC)c1OC. The van der Waals surface area contributed by atoms with Gasteiger partial charge in [0.15, 0.2) is 34.9 Å². The molecule has 0 N–H and O–H groups in total. The molecule has 0 spiro atoms. The second-order valence-electron chi connectivity index (χ2n) is 21.7. The Morgan fingerprint density at radius 3 is 1.12 bits per heavy atom. The van der Waals surface area contributed by atoms with Gasteiger partial charge in [0.25, 0.3) is 0 Å². The van der Waals surface area contributed by atoms with Crippen LogP contribution in [0.25, 0.3) is 0 Å². The minimum atomic E-state index is -3.74. The molecule has 0 bridgehead atoms. The van der Waals surface area contributed by atoms with E-state index in [1.807, 2.05) is 26.0 Å². The lowest BCUT2D eigenvalue weighted by atomic mass is 9.99. The van der Waals surface area contributed by atoms with Gasteiger partial charge in [0.1, 0.15) is 0 Å². The lowest BCUT2D eigenvalue weighted by Crippen LogP contribution is -2.23. The molecule has 0 saturated heterocycles. The Balaban J connectivity index is 1.92. The molecular weight excluding hydrogens is 989 g/mol. The third-order valence-electron chi connectivity index (χ3n) is 14.3. The first-order valence-electron chi connectivity index (χ1n) is 28.6. The Kier molecular flexibility index (Phi) is 34.8. The standard InChI is InChI=1S/C69H104O8S/c1-52(2)28-20-29-53(3)30-21-31-54(4)32-22-33-55(5)34-23-35-56(6)36-24-37-57(7)38-25-39-58(8)40-26-41-59(9)42-27-43-60(10)46-49-65(78(70,71)63-44-18-17-19-45-63)61(11)47-48-64-62(12)66(76-50-72-13)68(74-15)69(75-16)67(64)77-51-73-14/h17-19,28,30,32,34,36,38,40,42,44-47,65H,20-27,29,31,33,35,37,39,41,43,48-51H2,1-16H3/b53-30+,54-32+,55-34+,56-36+,57-38+,58-40+,59-42+,60-46+,61-47+. The molecule has 8 nitrogen and oxygen atoms in total. The summed E-state index contributed by atoms with van der Waals surface area (Å²) in [6.07, 6.45) is 41.4. The van der Waals surface area contributed by atoms with Gasteiger partial charge in [0, 0.05) is 25.3 Å². The van der Waals surface area contributed by atoms with Crippen molar-refractivity contribution in [1.29, 1.82) is 0 Å². The van der Waals surface area contributed by atoms with Crippen LogP contribution in [0.4, 0.5) is 0 Å². The molecule has 0 heterocycles. The van der Waals surface area contributed by atoms with Crippen LogP contribution in [0.3, 0.4) is 0 Å². The third-order valence-corrected chi connectivity index (χ3v) is 16.6. The molecule has 0 aliphatic heterocycles. The summed E-state index contributed by atoms with van der Waals surface area (Å²) in [4.78, 5) is 0.296. The molecule has 1 unspecified atom stereocenters. The van der Waals surface area contributed by atoms with Gasteiger partial charge in [-0.1, -0.05) is 135 Å². The van der Waals surface area contributed by atoms with E-state index in [0.717, 1.165) is 119 Å². The normalized spacial score (nSPS) is 14.2. The highest BCUT2D eigenvalue weighted by atomic mass is 32.2. The third kappa shape index (κ3) is 27.2. The van der Waals surface area contributed by atoms with E-state index in [2.05, 4.69) is 124 Å². The Hall–Kier alpha value is -5.09. The van der Waals surface area contributed by atoms with Crippen molar-refractivity contribution < 1.29 is 36.8 Å². The molecular formula is C69H104O8S. The quantitative estimate of drug-likeness (QED) is 0.0483. The fourth-order valence-corrected chi connectivity index (χ4v) is 11.1. The van der Waals surface area contributed by atoms with Gasteiger partial charge in [0.2, 0.25) is 11.5 Å². The van der Waals surface area contributed by atoms with Gasteiger partial charge in [-0.3, -0.25) is 0 Å². The first-order chi connectivity index (χ1) is 37.3. The van der Waals surface area contributed by atoms with Crippen LogP contribution in [0.15, 0.2) is 152 Å². The zero-order chi connectivity index (χ0) is 57.9. The summed E-state index contributed by atoms with van der Waals surface area (Å²) in [5.74, 6) is 1.60. The topological polar surface area (TPSA) is 89.5 Å². The predicted octanol–water partition coefficient (Wildman–Crippen LogP) is 19.5. The average Bonchev–Trinajstić information content (AvgIpc) is 3.50. The van der Waals surface area contributed by atoms with Gasteiger partial charge in [0.05, 0.1) is 24.4 Å². The highest BCUT2D eigenvalue weighted by Gasteiger charge is 2.30. The number of ether oxygens (including phenoxy) is 6. The van der Waals surface area contributed by atoms with E-state index in [1.54, 1.807) is 38.5 Å². The monoisotopic (exact) mass is 1090 g/mol. The van der Waals surface area contributed by atoms with Crippen molar-refractivity contribution >= 4 is 9.84 Å². The molecule has 0 fully saturated rings. The smallest absolute Gasteiger partial charge is 0.207 e. The maximum absolute atomic E-state index is 14.3. The molecule has 78 heavy (non-hydrogen) atoms. The average molecular weight is 1090 g/mol. The molecule has 434 valence electrons. The number of hydrogen-bond donors (Lipinski definition) is 0. The number of allylic oxidation sites excluding steroid dienone is 19. The van der Waals surface area contributed by atoms with Gasteiger partial charge >= 0.3 is 0 Å². The lowest BCUT2D eigenvalue weighted by Gasteiger charge is -2.23. The van der Waals surface area contributed by atoms with Crippen LogP contribution in [0.2, 0.25) is 0 Å². The molecule has 0 aliphatic carbocycles. The highest BCUT2D eigenvalue weighted by molar-refractivity contribution is 7.92. The van der Waals surface area contributed by atoms with E-state index in [1.165, 1.54) is 65.2 Å². The summed E-state index contributed by atoms with van der Waals surface area (Å²) >= 11 is 0. The Morgan fingerprint density at radius 1 is 0.436 bits per heavy atom. The van der Waals surface area contributed by atoms with Crippen LogP contribution in [-0.2, 0) is 25.7 Å². The number of hydrogen-bond acceptors (Lipinski definition) is 8. The van der Waals surface area contributed by atoms with Crippen LogP contribution in [0.5, 0.6) is 23.0 Å². The van der Waals surface area contributed by atoms with Crippen molar-refractivity contribution in [3.05, 3.63) is 158 Å². The zero-order valence-corrected chi connectivity index (χ0v) is 52.4. The van der Waals surface area contributed by atoms with E-state index in [-0.39, 0.29) is 13.6 Å².